The zero-order valence-electron chi connectivity index (χ0n) is 15.9. The molecular weight excluding hydrogens is 404 g/mol. The molecule has 0 fully saturated rings. The molecule has 0 spiro atoms. The molecule has 0 atom stereocenters. The zero-order chi connectivity index (χ0) is 21.4. The second-order valence-corrected chi connectivity index (χ2v) is 7.34. The largest absolute Gasteiger partial charge is 0.462 e. The van der Waals surface area contributed by atoms with Gasteiger partial charge in [0.15, 0.2) is 0 Å². The molecule has 0 bridgehead atoms. The Morgan fingerprint density at radius 1 is 1.00 bits per heavy atom. The Labute approximate surface area is 175 Å². The number of amides is 3. The third-order valence-electron chi connectivity index (χ3n) is 4.71. The Kier molecular flexibility index (Phi) is 4.93. The summed E-state index contributed by atoms with van der Waals surface area (Å²) in [4.78, 5) is 51.3. The monoisotopic (exact) mass is 420 g/mol. The van der Waals surface area contributed by atoms with Crippen LogP contribution in [0.15, 0.2) is 53.9 Å². The van der Waals surface area contributed by atoms with Gasteiger partial charge in [0.2, 0.25) is 5.91 Å². The van der Waals surface area contributed by atoms with Crippen molar-refractivity contribution in [2.24, 2.45) is 5.73 Å². The quantitative estimate of drug-likeness (QED) is 0.502. The predicted octanol–water partition coefficient (Wildman–Crippen LogP) is 3.49. The Morgan fingerprint density at radius 2 is 1.67 bits per heavy atom. The SMILES string of the molecule is CCOC(=O)c1c(-c2cccc(C(N)=O)c2)csc1N1C(=O)c2ccccc2C1=O. The first-order valence-corrected chi connectivity index (χ1v) is 9.98. The van der Waals surface area contributed by atoms with Gasteiger partial charge in [0.25, 0.3) is 11.8 Å². The molecule has 4 rings (SSSR count). The summed E-state index contributed by atoms with van der Waals surface area (Å²) in [5.74, 6) is -2.27. The van der Waals surface area contributed by atoms with Gasteiger partial charge in [-0.15, -0.1) is 11.3 Å². The molecule has 3 aromatic rings. The number of thiophene rings is 1. The maximum absolute atomic E-state index is 12.9. The third kappa shape index (κ3) is 3.07. The summed E-state index contributed by atoms with van der Waals surface area (Å²) >= 11 is 1.08. The number of imide groups is 1. The molecule has 2 N–H and O–H groups in total. The summed E-state index contributed by atoms with van der Waals surface area (Å²) in [5.41, 5.74) is 7.30. The van der Waals surface area contributed by atoms with Crippen LogP contribution in [-0.4, -0.2) is 30.3 Å². The minimum absolute atomic E-state index is 0.0953. The Morgan fingerprint density at radius 3 is 2.27 bits per heavy atom. The van der Waals surface area contributed by atoms with Crippen LogP contribution in [0.3, 0.4) is 0 Å². The van der Waals surface area contributed by atoms with Crippen LogP contribution >= 0.6 is 11.3 Å². The highest BCUT2D eigenvalue weighted by atomic mass is 32.1. The minimum atomic E-state index is -0.662. The molecule has 2 heterocycles. The number of hydrogen-bond donors (Lipinski definition) is 1. The van der Waals surface area contributed by atoms with Crippen molar-refractivity contribution >= 4 is 40.0 Å². The molecule has 0 saturated carbocycles. The Bertz CT molecular complexity index is 1180. The van der Waals surface area contributed by atoms with Crippen molar-refractivity contribution in [3.8, 4) is 11.1 Å². The molecule has 1 aliphatic rings. The number of fused-ring (bicyclic) bond motifs is 1. The van der Waals surface area contributed by atoms with Gasteiger partial charge < -0.3 is 10.5 Å². The van der Waals surface area contributed by atoms with E-state index in [0.29, 0.717) is 11.1 Å². The molecule has 1 aliphatic heterocycles. The summed E-state index contributed by atoms with van der Waals surface area (Å²) in [6.45, 7) is 1.79. The van der Waals surface area contributed by atoms with E-state index in [-0.39, 0.29) is 33.9 Å². The topological polar surface area (TPSA) is 107 Å². The fourth-order valence-corrected chi connectivity index (χ4v) is 4.40. The molecule has 0 saturated heterocycles. The molecule has 30 heavy (non-hydrogen) atoms. The predicted molar refractivity (Wildman–Crippen MR) is 112 cm³/mol. The molecule has 0 radical (unpaired) electrons. The van der Waals surface area contributed by atoms with Crippen LogP contribution < -0.4 is 10.6 Å². The number of rotatable bonds is 5. The lowest BCUT2D eigenvalue weighted by atomic mass is 10.0. The first-order valence-electron chi connectivity index (χ1n) is 9.10. The van der Waals surface area contributed by atoms with Crippen LogP contribution in [-0.2, 0) is 4.74 Å². The van der Waals surface area contributed by atoms with E-state index in [2.05, 4.69) is 0 Å². The van der Waals surface area contributed by atoms with Gasteiger partial charge in [-0.25, -0.2) is 9.69 Å². The normalized spacial score (nSPS) is 12.8. The Hall–Kier alpha value is -3.78. The van der Waals surface area contributed by atoms with Crippen LogP contribution in [0.5, 0.6) is 0 Å². The van der Waals surface area contributed by atoms with Gasteiger partial charge in [-0.2, -0.15) is 0 Å². The first-order chi connectivity index (χ1) is 14.4. The van der Waals surface area contributed by atoms with E-state index < -0.39 is 23.7 Å². The van der Waals surface area contributed by atoms with Crippen molar-refractivity contribution in [3.05, 3.63) is 76.2 Å². The number of anilines is 1. The van der Waals surface area contributed by atoms with E-state index in [9.17, 15) is 19.2 Å². The lowest BCUT2D eigenvalue weighted by molar-refractivity contribution is 0.0528. The average molecular weight is 420 g/mol. The number of ether oxygens (including phenoxy) is 1. The standard InChI is InChI=1S/C22H16N2O5S/c1-2-29-22(28)17-16(12-6-5-7-13(10-12)18(23)25)11-30-21(17)24-19(26)14-8-3-4-9-15(14)20(24)27/h3-11H,2H2,1H3,(H2,23,25). The number of hydrogen-bond acceptors (Lipinski definition) is 6. The number of nitrogens with zero attached hydrogens (tertiary/aromatic N) is 1. The second kappa shape index (κ2) is 7.57. The molecule has 7 nitrogen and oxygen atoms in total. The molecule has 2 aromatic carbocycles. The van der Waals surface area contributed by atoms with E-state index in [1.54, 1.807) is 60.8 Å². The van der Waals surface area contributed by atoms with Gasteiger partial charge in [-0.3, -0.25) is 14.4 Å². The van der Waals surface area contributed by atoms with Crippen LogP contribution in [0.4, 0.5) is 5.00 Å². The van der Waals surface area contributed by atoms with E-state index in [1.807, 2.05) is 0 Å². The summed E-state index contributed by atoms with van der Waals surface area (Å²) in [6.07, 6.45) is 0. The fourth-order valence-electron chi connectivity index (χ4n) is 3.34. The van der Waals surface area contributed by atoms with E-state index in [1.165, 1.54) is 0 Å². The molecule has 3 amide bonds. The highest BCUT2D eigenvalue weighted by Crippen LogP contribution is 2.41. The maximum atomic E-state index is 12.9. The number of carbonyl (C=O) groups is 4. The summed E-state index contributed by atoms with van der Waals surface area (Å²) < 4.78 is 5.20. The smallest absolute Gasteiger partial charge is 0.341 e. The van der Waals surface area contributed by atoms with Crippen molar-refractivity contribution in [2.45, 2.75) is 6.92 Å². The zero-order valence-corrected chi connectivity index (χ0v) is 16.7. The average Bonchev–Trinajstić information content (AvgIpc) is 3.28. The molecule has 0 unspecified atom stereocenters. The van der Waals surface area contributed by atoms with Gasteiger partial charge in [-0.05, 0) is 36.8 Å². The van der Waals surface area contributed by atoms with Crippen LogP contribution in [0.25, 0.3) is 11.1 Å². The molecule has 8 heteroatoms. The fraction of sp³-hybridized carbons (Fsp3) is 0.0909. The molecule has 0 aliphatic carbocycles. The van der Waals surface area contributed by atoms with Crippen LogP contribution in [0.1, 0.15) is 48.4 Å². The summed E-state index contributed by atoms with van der Waals surface area (Å²) in [6, 6.07) is 13.0. The van der Waals surface area contributed by atoms with Crippen molar-refractivity contribution < 1.29 is 23.9 Å². The van der Waals surface area contributed by atoms with Crippen LogP contribution in [0.2, 0.25) is 0 Å². The highest BCUT2D eigenvalue weighted by Gasteiger charge is 2.40. The number of esters is 1. The molecule has 150 valence electrons. The van der Waals surface area contributed by atoms with Crippen molar-refractivity contribution in [2.75, 3.05) is 11.5 Å². The molecular formula is C22H16N2O5S. The minimum Gasteiger partial charge on any atom is -0.462 e. The lowest BCUT2D eigenvalue weighted by Gasteiger charge is -2.15. The van der Waals surface area contributed by atoms with Gasteiger partial charge in [0.05, 0.1) is 17.7 Å². The summed E-state index contributed by atoms with van der Waals surface area (Å²) in [5, 5.41) is 1.84. The molecule has 1 aromatic heterocycles. The van der Waals surface area contributed by atoms with Gasteiger partial charge in [0, 0.05) is 16.5 Å². The Balaban J connectivity index is 1.88. The van der Waals surface area contributed by atoms with Crippen molar-refractivity contribution in [1.82, 2.24) is 0 Å². The third-order valence-corrected chi connectivity index (χ3v) is 5.67. The maximum Gasteiger partial charge on any atom is 0.341 e. The van der Waals surface area contributed by atoms with E-state index in [4.69, 9.17) is 10.5 Å². The van der Waals surface area contributed by atoms with Crippen molar-refractivity contribution in [1.29, 1.82) is 0 Å². The van der Waals surface area contributed by atoms with Gasteiger partial charge in [0.1, 0.15) is 10.6 Å². The van der Waals surface area contributed by atoms with E-state index in [0.717, 1.165) is 16.2 Å². The highest BCUT2D eigenvalue weighted by molar-refractivity contribution is 7.15. The first kappa shape index (κ1) is 19.5. The van der Waals surface area contributed by atoms with Crippen LogP contribution in [0, 0.1) is 0 Å². The van der Waals surface area contributed by atoms with Gasteiger partial charge >= 0.3 is 5.97 Å². The van der Waals surface area contributed by atoms with Crippen molar-refractivity contribution in [3.63, 3.8) is 0 Å². The lowest BCUT2D eigenvalue weighted by Crippen LogP contribution is -2.30. The van der Waals surface area contributed by atoms with Gasteiger partial charge in [-0.1, -0.05) is 24.3 Å². The van der Waals surface area contributed by atoms with E-state index >= 15 is 0 Å². The number of primary amides is 1. The number of benzene rings is 2. The summed E-state index contributed by atoms with van der Waals surface area (Å²) in [7, 11) is 0. The number of carbonyl (C=O) groups excluding carboxylic acids is 4. The second-order valence-electron chi connectivity index (χ2n) is 6.49. The number of nitrogens with two attached hydrogens (primary N) is 1.